The summed E-state index contributed by atoms with van der Waals surface area (Å²) in [5, 5.41) is 1.97. The molecule has 0 aromatic carbocycles. The summed E-state index contributed by atoms with van der Waals surface area (Å²) < 4.78 is 0. The van der Waals surface area contributed by atoms with E-state index in [4.69, 9.17) is 0 Å². The zero-order valence-corrected chi connectivity index (χ0v) is 12.1. The quantitative estimate of drug-likeness (QED) is 0.912. The molecule has 0 radical (unpaired) electrons. The van der Waals surface area contributed by atoms with E-state index in [1.54, 1.807) is 6.20 Å². The number of nitrogens with zero attached hydrogens (tertiary/aromatic N) is 3. The Morgan fingerprint density at radius 1 is 1.32 bits per heavy atom. The van der Waals surface area contributed by atoms with Crippen molar-refractivity contribution in [3.63, 3.8) is 0 Å². The fraction of sp³-hybridized carbons (Fsp3) is 0.286. The number of thiophene rings is 1. The summed E-state index contributed by atoms with van der Waals surface area (Å²) in [6.45, 7) is 7.05. The van der Waals surface area contributed by atoms with E-state index in [9.17, 15) is 0 Å². The maximum absolute atomic E-state index is 4.43. The first-order chi connectivity index (χ1) is 9.13. The van der Waals surface area contributed by atoms with E-state index in [1.807, 2.05) is 29.3 Å². The molecule has 0 aliphatic carbocycles. The molecule has 98 valence electrons. The Labute approximate surface area is 116 Å². The molecule has 0 bridgehead atoms. The summed E-state index contributed by atoms with van der Waals surface area (Å²) >= 11 is 1.82. The third kappa shape index (κ3) is 2.33. The molecule has 0 amide bonds. The number of aryl methyl sites for hydroxylation is 3. The van der Waals surface area contributed by atoms with Crippen LogP contribution in [0.3, 0.4) is 0 Å². The van der Waals surface area contributed by atoms with Crippen molar-refractivity contribution in [2.45, 2.75) is 20.8 Å². The van der Waals surface area contributed by atoms with Gasteiger partial charge in [-0.2, -0.15) is 0 Å². The van der Waals surface area contributed by atoms with Crippen LogP contribution in [0.15, 0.2) is 24.4 Å². The number of anilines is 1. The molecule has 0 atom stereocenters. The number of nitrogens with one attached hydrogen (secondary N) is 1. The monoisotopic (exact) mass is 272 g/mol. The van der Waals surface area contributed by atoms with Gasteiger partial charge in [0, 0.05) is 27.2 Å². The van der Waals surface area contributed by atoms with Crippen molar-refractivity contribution >= 4 is 23.0 Å². The fourth-order valence-electron chi connectivity index (χ4n) is 2.19. The van der Waals surface area contributed by atoms with Gasteiger partial charge in [0.2, 0.25) is 5.95 Å². The minimum Gasteiger partial charge on any atom is -0.295 e. The van der Waals surface area contributed by atoms with Crippen molar-refractivity contribution < 1.29 is 0 Å². The average Bonchev–Trinajstić information content (AvgIpc) is 2.96. The molecule has 1 aliphatic heterocycles. The lowest BCUT2D eigenvalue weighted by Gasteiger charge is -2.18. The van der Waals surface area contributed by atoms with Gasteiger partial charge < -0.3 is 0 Å². The van der Waals surface area contributed by atoms with Crippen LogP contribution in [0.5, 0.6) is 0 Å². The molecule has 19 heavy (non-hydrogen) atoms. The third-order valence-corrected chi connectivity index (χ3v) is 4.05. The fourth-order valence-corrected chi connectivity index (χ4v) is 3.12. The summed E-state index contributed by atoms with van der Waals surface area (Å²) in [5.41, 5.74) is 6.78. The van der Waals surface area contributed by atoms with E-state index in [1.165, 1.54) is 15.3 Å². The minimum atomic E-state index is 0.718. The Kier molecular flexibility index (Phi) is 2.98. The van der Waals surface area contributed by atoms with E-state index in [0.717, 1.165) is 23.9 Å². The summed E-state index contributed by atoms with van der Waals surface area (Å²) in [5.74, 6) is 0.718. The lowest BCUT2D eigenvalue weighted by Crippen LogP contribution is -2.33. The first kappa shape index (κ1) is 12.2. The summed E-state index contributed by atoms with van der Waals surface area (Å²) in [6.07, 6.45) is 3.97. The number of hydrazine groups is 1. The van der Waals surface area contributed by atoms with Crippen LogP contribution < -0.4 is 10.4 Å². The molecule has 1 N–H and O–H groups in total. The Balaban J connectivity index is 1.82. The van der Waals surface area contributed by atoms with Crippen LogP contribution >= 0.6 is 11.3 Å². The summed E-state index contributed by atoms with van der Waals surface area (Å²) in [7, 11) is 0. The largest absolute Gasteiger partial charge is 0.295 e. The summed E-state index contributed by atoms with van der Waals surface area (Å²) in [6, 6.07) is 4.12. The van der Waals surface area contributed by atoms with Crippen molar-refractivity contribution in [3.8, 4) is 0 Å². The molecule has 0 saturated carbocycles. The highest BCUT2D eigenvalue weighted by Gasteiger charge is 2.19. The number of rotatable bonds is 2. The number of hydrogen-bond donors (Lipinski definition) is 1. The van der Waals surface area contributed by atoms with Crippen LogP contribution in [0.2, 0.25) is 0 Å². The van der Waals surface area contributed by atoms with E-state index in [-0.39, 0.29) is 0 Å². The van der Waals surface area contributed by atoms with Gasteiger partial charge in [-0.3, -0.25) is 10.4 Å². The van der Waals surface area contributed by atoms with Crippen molar-refractivity contribution in [1.29, 1.82) is 0 Å². The second kappa shape index (κ2) is 4.66. The van der Waals surface area contributed by atoms with Crippen LogP contribution in [0.25, 0.3) is 5.70 Å². The average molecular weight is 272 g/mol. The van der Waals surface area contributed by atoms with Crippen LogP contribution in [-0.4, -0.2) is 16.5 Å². The highest BCUT2D eigenvalue weighted by atomic mass is 32.1. The molecule has 0 unspecified atom stereocenters. The first-order valence-electron chi connectivity index (χ1n) is 6.25. The molecule has 2 aromatic heterocycles. The predicted octanol–water partition coefficient (Wildman–Crippen LogP) is 2.83. The molecule has 1 aliphatic rings. The van der Waals surface area contributed by atoms with Crippen LogP contribution in [-0.2, 0) is 0 Å². The van der Waals surface area contributed by atoms with Gasteiger partial charge in [-0.05, 0) is 39.0 Å². The Morgan fingerprint density at radius 3 is 2.84 bits per heavy atom. The van der Waals surface area contributed by atoms with Crippen molar-refractivity contribution in [2.24, 2.45) is 0 Å². The predicted molar refractivity (Wildman–Crippen MR) is 79.0 cm³/mol. The van der Waals surface area contributed by atoms with E-state index >= 15 is 0 Å². The Bertz CT molecular complexity index is 645. The van der Waals surface area contributed by atoms with Crippen LogP contribution in [0.4, 0.5) is 5.95 Å². The van der Waals surface area contributed by atoms with Crippen molar-refractivity contribution in [2.75, 3.05) is 11.6 Å². The second-order valence-corrected chi connectivity index (χ2v) is 6.13. The summed E-state index contributed by atoms with van der Waals surface area (Å²) in [4.78, 5) is 11.4. The zero-order chi connectivity index (χ0) is 13.4. The molecule has 0 spiro atoms. The highest BCUT2D eigenvalue weighted by molar-refractivity contribution is 7.12. The Hall–Kier alpha value is -1.88. The Morgan fingerprint density at radius 2 is 2.16 bits per heavy atom. The van der Waals surface area contributed by atoms with Gasteiger partial charge in [-0.15, -0.1) is 11.3 Å². The second-order valence-electron chi connectivity index (χ2n) is 4.67. The maximum Gasteiger partial charge on any atom is 0.244 e. The third-order valence-electron chi connectivity index (χ3n) is 3.09. The molecule has 3 heterocycles. The smallest absolute Gasteiger partial charge is 0.244 e. The molecular formula is C14H16N4S. The van der Waals surface area contributed by atoms with Gasteiger partial charge in [0.1, 0.15) is 0 Å². The molecule has 4 nitrogen and oxygen atoms in total. The maximum atomic E-state index is 4.43. The van der Waals surface area contributed by atoms with Crippen LogP contribution in [0, 0.1) is 20.8 Å². The topological polar surface area (TPSA) is 41.1 Å². The number of aromatic nitrogens is 2. The van der Waals surface area contributed by atoms with Crippen LogP contribution in [0.1, 0.15) is 21.0 Å². The van der Waals surface area contributed by atoms with Gasteiger partial charge in [-0.25, -0.2) is 9.97 Å². The molecule has 0 fully saturated rings. The molecule has 5 heteroatoms. The highest BCUT2D eigenvalue weighted by Crippen LogP contribution is 2.28. The van der Waals surface area contributed by atoms with Gasteiger partial charge in [-0.1, -0.05) is 0 Å². The standard InChI is InChI=1S/C14H16N4S/c1-9-4-6-15-14(16-9)18-7-5-13(17-18)12-8-10(2)19-11(12)3/h4-6,8,17H,7H2,1-3H3. The van der Waals surface area contributed by atoms with Gasteiger partial charge in [0.15, 0.2) is 0 Å². The van der Waals surface area contributed by atoms with E-state index in [0.29, 0.717) is 0 Å². The van der Waals surface area contributed by atoms with Gasteiger partial charge in [0.25, 0.3) is 0 Å². The lowest BCUT2D eigenvalue weighted by atomic mass is 10.2. The first-order valence-corrected chi connectivity index (χ1v) is 7.06. The molecule has 0 saturated heterocycles. The number of hydrogen-bond acceptors (Lipinski definition) is 5. The SMILES string of the molecule is Cc1ccnc(N2CC=C(c3cc(C)sc3C)N2)n1. The minimum absolute atomic E-state index is 0.718. The molecular weight excluding hydrogens is 256 g/mol. The molecule has 3 rings (SSSR count). The van der Waals surface area contributed by atoms with Gasteiger partial charge >= 0.3 is 0 Å². The van der Waals surface area contributed by atoms with Crippen molar-refractivity contribution in [3.05, 3.63) is 45.4 Å². The zero-order valence-electron chi connectivity index (χ0n) is 11.3. The van der Waals surface area contributed by atoms with E-state index < -0.39 is 0 Å². The lowest BCUT2D eigenvalue weighted by molar-refractivity contribution is 0.800. The van der Waals surface area contributed by atoms with Crippen molar-refractivity contribution in [1.82, 2.24) is 15.4 Å². The van der Waals surface area contributed by atoms with Gasteiger partial charge in [0.05, 0.1) is 12.2 Å². The molecule has 2 aromatic rings. The van der Waals surface area contributed by atoms with E-state index in [2.05, 4.69) is 41.4 Å². The normalized spacial score (nSPS) is 14.5.